The molecule has 0 spiro atoms. The fraction of sp³-hybridized carbons (Fsp3) is 0.591. The number of pyridine rings is 1. The van der Waals surface area contributed by atoms with Crippen LogP contribution in [0, 0.1) is 0 Å². The zero-order valence-electron chi connectivity index (χ0n) is 15.8. The van der Waals surface area contributed by atoms with Gasteiger partial charge < -0.3 is 9.64 Å². The van der Waals surface area contributed by atoms with Gasteiger partial charge in [0.1, 0.15) is 11.3 Å². The zero-order valence-corrected chi connectivity index (χ0v) is 15.8. The van der Waals surface area contributed by atoms with Crippen molar-refractivity contribution in [3.63, 3.8) is 0 Å². The van der Waals surface area contributed by atoms with E-state index in [-0.39, 0.29) is 0 Å². The Labute approximate surface area is 156 Å². The molecule has 2 aromatic rings. The van der Waals surface area contributed by atoms with Crippen LogP contribution in [0.5, 0.6) is 5.75 Å². The Morgan fingerprint density at radius 1 is 1.00 bits per heavy atom. The van der Waals surface area contributed by atoms with E-state index in [1.807, 2.05) is 6.07 Å². The molecule has 26 heavy (non-hydrogen) atoms. The van der Waals surface area contributed by atoms with E-state index in [0.717, 1.165) is 30.5 Å². The molecule has 0 amide bonds. The fourth-order valence-corrected chi connectivity index (χ4v) is 5.41. The molecule has 1 aliphatic heterocycles. The summed E-state index contributed by atoms with van der Waals surface area (Å²) >= 11 is 0. The summed E-state index contributed by atoms with van der Waals surface area (Å²) in [6.07, 6.45) is 13.0. The maximum Gasteiger partial charge on any atom is 0.145 e. The molecule has 0 bridgehead atoms. The van der Waals surface area contributed by atoms with E-state index in [9.17, 15) is 0 Å². The molecule has 0 atom stereocenters. The summed E-state index contributed by atoms with van der Waals surface area (Å²) < 4.78 is 5.59. The van der Waals surface area contributed by atoms with Gasteiger partial charge in [-0.05, 0) is 31.7 Å². The van der Waals surface area contributed by atoms with Crippen LogP contribution in [0.25, 0.3) is 10.9 Å². The summed E-state index contributed by atoms with van der Waals surface area (Å²) in [5.41, 5.74) is 3.83. The minimum Gasteiger partial charge on any atom is -0.494 e. The standard InChI is InChI=1S/C22H29N3O/c1-26-20-12-6-11-19-21(20)23-13-16-14-24(17-7-2-3-8-17)15-25(22(16)19)18-9-4-5-10-18/h6,11-13,17-18H,2-5,7-10,14-15H2,1H3. The van der Waals surface area contributed by atoms with E-state index in [0.29, 0.717) is 6.04 Å². The van der Waals surface area contributed by atoms with Gasteiger partial charge in [-0.1, -0.05) is 37.8 Å². The Kier molecular flexibility index (Phi) is 4.24. The van der Waals surface area contributed by atoms with Crippen LogP contribution in [0.2, 0.25) is 0 Å². The SMILES string of the molecule is COc1cccc2c3c(cnc12)CN(C1CCCC1)CN3C1CCCC1. The maximum atomic E-state index is 5.59. The third kappa shape index (κ3) is 2.66. The Bertz CT molecular complexity index is 793. The van der Waals surface area contributed by atoms with Crippen molar-refractivity contribution in [3.8, 4) is 5.75 Å². The van der Waals surface area contributed by atoms with Crippen molar-refractivity contribution in [2.75, 3.05) is 18.7 Å². The number of hydrogen-bond acceptors (Lipinski definition) is 4. The van der Waals surface area contributed by atoms with Crippen LogP contribution >= 0.6 is 0 Å². The number of para-hydroxylation sites is 1. The first-order chi connectivity index (χ1) is 12.8. The number of ether oxygens (including phenoxy) is 1. The van der Waals surface area contributed by atoms with Gasteiger partial charge in [-0.3, -0.25) is 9.88 Å². The van der Waals surface area contributed by atoms with Crippen molar-refractivity contribution >= 4 is 16.6 Å². The smallest absolute Gasteiger partial charge is 0.145 e. The summed E-state index contributed by atoms with van der Waals surface area (Å²) in [4.78, 5) is 10.2. The van der Waals surface area contributed by atoms with Crippen LogP contribution in [0.4, 0.5) is 5.69 Å². The highest BCUT2D eigenvalue weighted by Gasteiger charge is 2.35. The van der Waals surface area contributed by atoms with Gasteiger partial charge in [0.25, 0.3) is 0 Å². The molecule has 2 fully saturated rings. The van der Waals surface area contributed by atoms with Crippen molar-refractivity contribution in [3.05, 3.63) is 30.0 Å². The molecule has 4 nitrogen and oxygen atoms in total. The number of fused-ring (bicyclic) bond motifs is 3. The van der Waals surface area contributed by atoms with E-state index < -0.39 is 0 Å². The van der Waals surface area contributed by atoms with E-state index in [4.69, 9.17) is 9.72 Å². The van der Waals surface area contributed by atoms with E-state index >= 15 is 0 Å². The molecule has 2 saturated carbocycles. The summed E-state index contributed by atoms with van der Waals surface area (Å²) in [5, 5.41) is 1.26. The summed E-state index contributed by atoms with van der Waals surface area (Å²) in [6.45, 7) is 2.13. The van der Waals surface area contributed by atoms with Crippen LogP contribution in [0.1, 0.15) is 56.9 Å². The minimum atomic E-state index is 0.676. The molecule has 1 aromatic heterocycles. The van der Waals surface area contributed by atoms with Crippen LogP contribution in [0.3, 0.4) is 0 Å². The van der Waals surface area contributed by atoms with Gasteiger partial charge in [0.05, 0.1) is 19.5 Å². The van der Waals surface area contributed by atoms with Crippen molar-refractivity contribution in [2.45, 2.75) is 70.0 Å². The zero-order chi connectivity index (χ0) is 17.5. The minimum absolute atomic E-state index is 0.676. The first-order valence-corrected chi connectivity index (χ1v) is 10.3. The lowest BCUT2D eigenvalue weighted by Crippen LogP contribution is -2.49. The van der Waals surface area contributed by atoms with E-state index in [1.54, 1.807) is 7.11 Å². The predicted octanol–water partition coefficient (Wildman–Crippen LogP) is 4.71. The van der Waals surface area contributed by atoms with Crippen LogP contribution < -0.4 is 9.64 Å². The molecule has 138 valence electrons. The van der Waals surface area contributed by atoms with Crippen molar-refractivity contribution in [2.24, 2.45) is 0 Å². The number of rotatable bonds is 3. The van der Waals surface area contributed by atoms with Gasteiger partial charge in [0.2, 0.25) is 0 Å². The number of methoxy groups -OCH3 is 1. The normalized spacial score (nSPS) is 22.3. The highest BCUT2D eigenvalue weighted by molar-refractivity contribution is 5.97. The highest BCUT2D eigenvalue weighted by Crippen LogP contribution is 2.41. The van der Waals surface area contributed by atoms with Gasteiger partial charge in [0.15, 0.2) is 0 Å². The second kappa shape index (κ2) is 6.73. The molecule has 2 aliphatic carbocycles. The van der Waals surface area contributed by atoms with Crippen LogP contribution in [-0.2, 0) is 6.54 Å². The maximum absolute atomic E-state index is 5.59. The van der Waals surface area contributed by atoms with E-state index in [2.05, 4.69) is 28.1 Å². The van der Waals surface area contributed by atoms with Crippen molar-refractivity contribution in [1.82, 2.24) is 9.88 Å². The number of aromatic nitrogens is 1. The molecule has 0 saturated heterocycles. The molecule has 0 radical (unpaired) electrons. The molecular weight excluding hydrogens is 322 g/mol. The highest BCUT2D eigenvalue weighted by atomic mass is 16.5. The summed E-state index contributed by atoms with van der Waals surface area (Å²) in [5.74, 6) is 0.884. The average Bonchev–Trinajstić information content (AvgIpc) is 3.40. The summed E-state index contributed by atoms with van der Waals surface area (Å²) in [7, 11) is 1.74. The molecule has 3 aliphatic rings. The molecule has 0 unspecified atom stereocenters. The fourth-order valence-electron chi connectivity index (χ4n) is 5.41. The average molecular weight is 351 g/mol. The molecular formula is C22H29N3O. The number of nitrogens with zero attached hydrogens (tertiary/aromatic N) is 3. The third-order valence-electron chi connectivity index (χ3n) is 6.73. The third-order valence-corrected chi connectivity index (χ3v) is 6.73. The van der Waals surface area contributed by atoms with Gasteiger partial charge in [-0.25, -0.2) is 0 Å². The lowest BCUT2D eigenvalue weighted by Gasteiger charge is -2.44. The Morgan fingerprint density at radius 3 is 2.46 bits per heavy atom. The van der Waals surface area contributed by atoms with Crippen LogP contribution in [-0.4, -0.2) is 35.7 Å². The lowest BCUT2D eigenvalue weighted by molar-refractivity contribution is 0.174. The molecule has 0 N–H and O–H groups in total. The molecule has 4 heteroatoms. The molecule has 2 heterocycles. The van der Waals surface area contributed by atoms with Gasteiger partial charge in [-0.15, -0.1) is 0 Å². The first kappa shape index (κ1) is 16.4. The Hall–Kier alpha value is -1.81. The lowest BCUT2D eigenvalue weighted by atomic mass is 10.0. The Morgan fingerprint density at radius 2 is 1.73 bits per heavy atom. The van der Waals surface area contributed by atoms with Gasteiger partial charge in [-0.2, -0.15) is 0 Å². The second-order valence-electron chi connectivity index (χ2n) is 8.22. The molecule has 1 aromatic carbocycles. The van der Waals surface area contributed by atoms with Crippen LogP contribution in [0.15, 0.2) is 24.4 Å². The second-order valence-corrected chi connectivity index (χ2v) is 8.22. The summed E-state index contributed by atoms with van der Waals surface area (Å²) in [6, 6.07) is 7.80. The first-order valence-electron chi connectivity index (χ1n) is 10.3. The van der Waals surface area contributed by atoms with Gasteiger partial charge >= 0.3 is 0 Å². The number of anilines is 1. The number of hydrogen-bond donors (Lipinski definition) is 0. The van der Waals surface area contributed by atoms with Crippen molar-refractivity contribution in [1.29, 1.82) is 0 Å². The topological polar surface area (TPSA) is 28.6 Å². The Balaban J connectivity index is 1.62. The van der Waals surface area contributed by atoms with Crippen molar-refractivity contribution < 1.29 is 4.74 Å². The number of benzene rings is 1. The molecule has 5 rings (SSSR count). The van der Waals surface area contributed by atoms with Gasteiger partial charge in [0, 0.05) is 35.8 Å². The van der Waals surface area contributed by atoms with E-state index in [1.165, 1.54) is 68.0 Å². The quantitative estimate of drug-likeness (QED) is 0.801. The largest absolute Gasteiger partial charge is 0.494 e. The monoisotopic (exact) mass is 351 g/mol. The predicted molar refractivity (Wildman–Crippen MR) is 106 cm³/mol.